The molecule has 6 nitrogen and oxygen atoms in total. The Balaban J connectivity index is 1.54. The van der Waals surface area contributed by atoms with Crippen LogP contribution in [0.4, 0.5) is 5.69 Å². The quantitative estimate of drug-likeness (QED) is 0.667. The molecule has 0 bridgehead atoms. The topological polar surface area (TPSA) is 76.7 Å². The smallest absolute Gasteiger partial charge is 0.251 e. The van der Waals surface area contributed by atoms with Gasteiger partial charge in [-0.05, 0) is 48.7 Å². The number of carbonyl (C=O) groups excluding carboxylic acids is 2. The third-order valence-electron chi connectivity index (χ3n) is 4.25. The summed E-state index contributed by atoms with van der Waals surface area (Å²) in [6.45, 7) is 1.39. The van der Waals surface area contributed by atoms with E-state index >= 15 is 0 Å². The highest BCUT2D eigenvalue weighted by Crippen LogP contribution is 2.30. The van der Waals surface area contributed by atoms with Gasteiger partial charge in [0.15, 0.2) is 0 Å². The zero-order valence-electron chi connectivity index (χ0n) is 15.4. The van der Waals surface area contributed by atoms with Crippen molar-refractivity contribution in [3.8, 4) is 5.75 Å². The third kappa shape index (κ3) is 5.82. The molecule has 2 aromatic rings. The van der Waals surface area contributed by atoms with E-state index in [9.17, 15) is 9.59 Å². The zero-order chi connectivity index (χ0) is 19.1. The van der Waals surface area contributed by atoms with Crippen molar-refractivity contribution in [2.24, 2.45) is 5.92 Å². The Hall–Kier alpha value is -2.86. The van der Waals surface area contributed by atoms with Gasteiger partial charge in [0, 0.05) is 30.8 Å². The summed E-state index contributed by atoms with van der Waals surface area (Å²) in [5.41, 5.74) is 2.10. The first-order valence-electron chi connectivity index (χ1n) is 9.05. The maximum atomic E-state index is 12.4. The van der Waals surface area contributed by atoms with E-state index in [0.717, 1.165) is 24.2 Å². The summed E-state index contributed by atoms with van der Waals surface area (Å²) in [5, 5.41) is 5.75. The van der Waals surface area contributed by atoms with E-state index in [0.29, 0.717) is 31.0 Å². The lowest BCUT2D eigenvalue weighted by Gasteiger charge is -2.10. The van der Waals surface area contributed by atoms with Crippen LogP contribution in [-0.2, 0) is 16.1 Å². The summed E-state index contributed by atoms with van der Waals surface area (Å²) in [4.78, 5) is 24.3. The number of methoxy groups -OCH3 is 1. The summed E-state index contributed by atoms with van der Waals surface area (Å²) in [5.74, 6) is 0.700. The van der Waals surface area contributed by atoms with E-state index < -0.39 is 0 Å². The van der Waals surface area contributed by atoms with Crippen molar-refractivity contribution in [3.05, 3.63) is 59.7 Å². The first-order chi connectivity index (χ1) is 13.2. The summed E-state index contributed by atoms with van der Waals surface area (Å²) in [7, 11) is 1.63. The number of carbonyl (C=O) groups is 2. The molecule has 0 spiro atoms. The standard InChI is InChI=1S/C21H24N2O4/c1-26-10-11-27-19-7-2-4-15(12-19)14-22-20(24)17-5-3-6-18(13-17)23-21(25)16-8-9-16/h2-7,12-13,16H,8-11,14H2,1H3,(H,22,24)(H,23,25). The minimum absolute atomic E-state index is 0.0258. The molecule has 0 aromatic heterocycles. The Morgan fingerprint density at radius 2 is 1.89 bits per heavy atom. The van der Waals surface area contributed by atoms with E-state index in [2.05, 4.69) is 10.6 Å². The molecule has 0 atom stereocenters. The number of nitrogens with one attached hydrogen (secondary N) is 2. The molecule has 1 aliphatic rings. The first kappa shape index (κ1) is 18.9. The van der Waals surface area contributed by atoms with Gasteiger partial charge in [-0.15, -0.1) is 0 Å². The molecule has 0 aliphatic heterocycles. The normalized spacial score (nSPS) is 13.1. The second-order valence-corrected chi connectivity index (χ2v) is 6.52. The van der Waals surface area contributed by atoms with Gasteiger partial charge in [0.05, 0.1) is 6.61 Å². The highest BCUT2D eigenvalue weighted by Gasteiger charge is 2.29. The van der Waals surface area contributed by atoms with Crippen molar-refractivity contribution < 1.29 is 19.1 Å². The molecule has 2 amide bonds. The minimum Gasteiger partial charge on any atom is -0.491 e. The Morgan fingerprint density at radius 3 is 2.67 bits per heavy atom. The molecular formula is C21H24N2O4. The number of hydrogen-bond donors (Lipinski definition) is 2. The van der Waals surface area contributed by atoms with Crippen LogP contribution in [0.15, 0.2) is 48.5 Å². The van der Waals surface area contributed by atoms with Gasteiger partial charge in [-0.2, -0.15) is 0 Å². The Kier molecular flexibility index (Phi) is 6.44. The van der Waals surface area contributed by atoms with Crippen LogP contribution < -0.4 is 15.4 Å². The highest BCUT2D eigenvalue weighted by atomic mass is 16.5. The van der Waals surface area contributed by atoms with Gasteiger partial charge in [-0.3, -0.25) is 9.59 Å². The summed E-state index contributed by atoms with van der Waals surface area (Å²) < 4.78 is 10.5. The summed E-state index contributed by atoms with van der Waals surface area (Å²) >= 11 is 0. The van der Waals surface area contributed by atoms with Gasteiger partial charge in [-0.25, -0.2) is 0 Å². The highest BCUT2D eigenvalue weighted by molar-refractivity contribution is 5.98. The van der Waals surface area contributed by atoms with Crippen LogP contribution in [-0.4, -0.2) is 32.1 Å². The van der Waals surface area contributed by atoms with E-state index in [1.165, 1.54) is 0 Å². The molecule has 0 heterocycles. The molecule has 2 N–H and O–H groups in total. The average molecular weight is 368 g/mol. The van der Waals surface area contributed by atoms with Gasteiger partial charge in [0.2, 0.25) is 5.91 Å². The third-order valence-corrected chi connectivity index (χ3v) is 4.25. The van der Waals surface area contributed by atoms with Crippen LogP contribution in [0.1, 0.15) is 28.8 Å². The van der Waals surface area contributed by atoms with Crippen molar-refractivity contribution in [2.45, 2.75) is 19.4 Å². The average Bonchev–Trinajstić information content (AvgIpc) is 3.52. The molecule has 1 fully saturated rings. The SMILES string of the molecule is COCCOc1cccc(CNC(=O)c2cccc(NC(=O)C3CC3)c2)c1. The van der Waals surface area contributed by atoms with E-state index in [4.69, 9.17) is 9.47 Å². The lowest BCUT2D eigenvalue weighted by Crippen LogP contribution is -2.23. The van der Waals surface area contributed by atoms with Crippen LogP contribution in [0, 0.1) is 5.92 Å². The van der Waals surface area contributed by atoms with Gasteiger partial charge < -0.3 is 20.1 Å². The molecule has 142 valence electrons. The van der Waals surface area contributed by atoms with Crippen LogP contribution in [0.3, 0.4) is 0 Å². The number of rotatable bonds is 9. The number of anilines is 1. The Morgan fingerprint density at radius 1 is 1.07 bits per heavy atom. The summed E-state index contributed by atoms with van der Waals surface area (Å²) in [6.07, 6.45) is 1.89. The lowest BCUT2D eigenvalue weighted by atomic mass is 10.1. The molecule has 0 saturated heterocycles. The second kappa shape index (κ2) is 9.19. The van der Waals surface area contributed by atoms with Crippen LogP contribution in [0.5, 0.6) is 5.75 Å². The van der Waals surface area contributed by atoms with Crippen molar-refractivity contribution in [2.75, 3.05) is 25.6 Å². The van der Waals surface area contributed by atoms with Crippen LogP contribution >= 0.6 is 0 Å². The molecular weight excluding hydrogens is 344 g/mol. The van der Waals surface area contributed by atoms with Gasteiger partial charge in [0.25, 0.3) is 5.91 Å². The molecule has 2 aromatic carbocycles. The molecule has 6 heteroatoms. The maximum Gasteiger partial charge on any atom is 0.251 e. The van der Waals surface area contributed by atoms with E-state index in [1.54, 1.807) is 31.4 Å². The molecule has 3 rings (SSSR count). The minimum atomic E-state index is -0.191. The molecule has 0 radical (unpaired) electrons. The fraction of sp³-hybridized carbons (Fsp3) is 0.333. The largest absolute Gasteiger partial charge is 0.491 e. The fourth-order valence-corrected chi connectivity index (χ4v) is 2.60. The molecule has 1 saturated carbocycles. The predicted octanol–water partition coefficient (Wildman–Crippen LogP) is 2.99. The van der Waals surface area contributed by atoms with Crippen molar-refractivity contribution >= 4 is 17.5 Å². The van der Waals surface area contributed by atoms with Crippen molar-refractivity contribution in [3.63, 3.8) is 0 Å². The maximum absolute atomic E-state index is 12.4. The van der Waals surface area contributed by atoms with Crippen molar-refractivity contribution in [1.82, 2.24) is 5.32 Å². The van der Waals surface area contributed by atoms with Gasteiger partial charge in [0.1, 0.15) is 12.4 Å². The van der Waals surface area contributed by atoms with Crippen LogP contribution in [0.25, 0.3) is 0 Å². The molecule has 27 heavy (non-hydrogen) atoms. The Labute approximate surface area is 158 Å². The first-order valence-corrected chi connectivity index (χ1v) is 9.05. The molecule has 1 aliphatic carbocycles. The lowest BCUT2D eigenvalue weighted by molar-refractivity contribution is -0.117. The fourth-order valence-electron chi connectivity index (χ4n) is 2.60. The number of benzene rings is 2. The Bertz CT molecular complexity index is 802. The predicted molar refractivity (Wildman–Crippen MR) is 103 cm³/mol. The van der Waals surface area contributed by atoms with Crippen LogP contribution in [0.2, 0.25) is 0 Å². The van der Waals surface area contributed by atoms with Gasteiger partial charge in [-0.1, -0.05) is 18.2 Å². The number of hydrogen-bond acceptors (Lipinski definition) is 4. The summed E-state index contributed by atoms with van der Waals surface area (Å²) in [6, 6.07) is 14.6. The van der Waals surface area contributed by atoms with E-state index in [1.807, 2.05) is 24.3 Å². The second-order valence-electron chi connectivity index (χ2n) is 6.52. The monoisotopic (exact) mass is 368 g/mol. The zero-order valence-corrected chi connectivity index (χ0v) is 15.4. The number of amides is 2. The van der Waals surface area contributed by atoms with Crippen molar-refractivity contribution in [1.29, 1.82) is 0 Å². The molecule has 0 unspecified atom stereocenters. The number of ether oxygens (including phenoxy) is 2. The van der Waals surface area contributed by atoms with E-state index in [-0.39, 0.29) is 17.7 Å². The van der Waals surface area contributed by atoms with Gasteiger partial charge >= 0.3 is 0 Å².